The first-order valence-corrected chi connectivity index (χ1v) is 6.72. The summed E-state index contributed by atoms with van der Waals surface area (Å²) < 4.78 is 0. The molecule has 19 heavy (non-hydrogen) atoms. The quantitative estimate of drug-likeness (QED) is 0.845. The second-order valence-electron chi connectivity index (χ2n) is 5.14. The zero-order chi connectivity index (χ0) is 14.0. The van der Waals surface area contributed by atoms with Crippen LogP contribution in [0.3, 0.4) is 0 Å². The Kier molecular flexibility index (Phi) is 3.60. The van der Waals surface area contributed by atoms with Crippen LogP contribution in [0.5, 0.6) is 0 Å². The first-order chi connectivity index (χ1) is 9.01. The van der Waals surface area contributed by atoms with Crippen LogP contribution in [0.1, 0.15) is 38.3 Å². The Balaban J connectivity index is 2.20. The van der Waals surface area contributed by atoms with Gasteiger partial charge in [-0.3, -0.25) is 10.1 Å². The molecule has 102 valence electrons. The summed E-state index contributed by atoms with van der Waals surface area (Å²) in [6, 6.07) is 7.87. The second kappa shape index (κ2) is 5.03. The zero-order valence-corrected chi connectivity index (χ0v) is 11.7. The van der Waals surface area contributed by atoms with Gasteiger partial charge in [0, 0.05) is 6.54 Å². The Morgan fingerprint density at radius 1 is 1.11 bits per heavy atom. The number of nitrogens with one attached hydrogen (secondary N) is 1. The van der Waals surface area contributed by atoms with E-state index in [1.807, 2.05) is 26.0 Å². The van der Waals surface area contributed by atoms with Crippen molar-refractivity contribution in [3.63, 3.8) is 0 Å². The Hall–Kier alpha value is -1.84. The van der Waals surface area contributed by atoms with Gasteiger partial charge in [0.1, 0.15) is 5.54 Å². The predicted octanol–water partition coefficient (Wildman–Crippen LogP) is 2.47. The van der Waals surface area contributed by atoms with Crippen LogP contribution in [-0.2, 0) is 17.8 Å². The number of imide groups is 1. The fourth-order valence-corrected chi connectivity index (χ4v) is 2.31. The van der Waals surface area contributed by atoms with Crippen molar-refractivity contribution in [2.24, 2.45) is 0 Å². The highest BCUT2D eigenvalue weighted by Crippen LogP contribution is 2.27. The van der Waals surface area contributed by atoms with Gasteiger partial charge in [-0.25, -0.2) is 4.79 Å². The lowest BCUT2D eigenvalue weighted by atomic mass is 9.96. The van der Waals surface area contributed by atoms with Crippen molar-refractivity contribution in [3.05, 3.63) is 35.4 Å². The van der Waals surface area contributed by atoms with Crippen molar-refractivity contribution < 1.29 is 9.59 Å². The number of carbonyl (C=O) groups is 2. The summed E-state index contributed by atoms with van der Waals surface area (Å²) >= 11 is 0. The van der Waals surface area contributed by atoms with Crippen LogP contribution in [0.15, 0.2) is 24.3 Å². The van der Waals surface area contributed by atoms with Crippen molar-refractivity contribution in [2.45, 2.75) is 45.7 Å². The molecule has 0 aliphatic carbocycles. The minimum atomic E-state index is -0.736. The molecular weight excluding hydrogens is 240 g/mol. The maximum absolute atomic E-state index is 11.9. The van der Waals surface area contributed by atoms with Crippen LogP contribution in [-0.4, -0.2) is 22.4 Å². The van der Waals surface area contributed by atoms with E-state index in [2.05, 4.69) is 24.4 Å². The molecule has 4 nitrogen and oxygen atoms in total. The summed E-state index contributed by atoms with van der Waals surface area (Å²) in [6.45, 7) is 6.31. The molecule has 1 atom stereocenters. The van der Waals surface area contributed by atoms with E-state index in [1.165, 1.54) is 5.56 Å². The fourth-order valence-electron chi connectivity index (χ4n) is 2.31. The first kappa shape index (κ1) is 13.6. The van der Waals surface area contributed by atoms with Gasteiger partial charge in [-0.15, -0.1) is 0 Å². The number of urea groups is 1. The number of carbonyl (C=O) groups excluding carboxylic acids is 2. The van der Waals surface area contributed by atoms with E-state index in [4.69, 9.17) is 0 Å². The van der Waals surface area contributed by atoms with Gasteiger partial charge in [-0.1, -0.05) is 38.1 Å². The Morgan fingerprint density at radius 2 is 1.68 bits per heavy atom. The van der Waals surface area contributed by atoms with Gasteiger partial charge in [-0.05, 0) is 30.9 Å². The highest BCUT2D eigenvalue weighted by atomic mass is 16.2. The Bertz CT molecular complexity index is 495. The maximum atomic E-state index is 11.9. The average molecular weight is 260 g/mol. The van der Waals surface area contributed by atoms with Crippen molar-refractivity contribution in [3.8, 4) is 0 Å². The summed E-state index contributed by atoms with van der Waals surface area (Å²) in [7, 11) is 0. The molecular formula is C15H20N2O2. The van der Waals surface area contributed by atoms with Crippen molar-refractivity contribution >= 4 is 11.9 Å². The molecule has 1 aliphatic rings. The minimum absolute atomic E-state index is 0.204. The van der Waals surface area contributed by atoms with E-state index >= 15 is 0 Å². The molecule has 0 bridgehead atoms. The van der Waals surface area contributed by atoms with E-state index in [1.54, 1.807) is 4.90 Å². The summed E-state index contributed by atoms with van der Waals surface area (Å²) in [4.78, 5) is 25.4. The molecule has 1 N–H and O–H groups in total. The molecule has 0 radical (unpaired) electrons. The van der Waals surface area contributed by atoms with Crippen LogP contribution in [0.25, 0.3) is 0 Å². The SMILES string of the molecule is CCc1ccc(CN2C(=O)NC(=O)C2(C)CC)cc1. The topological polar surface area (TPSA) is 49.4 Å². The summed E-state index contributed by atoms with van der Waals surface area (Å²) in [5.41, 5.74) is 1.58. The highest BCUT2D eigenvalue weighted by Gasteiger charge is 2.47. The van der Waals surface area contributed by atoms with Gasteiger partial charge in [0.15, 0.2) is 0 Å². The zero-order valence-electron chi connectivity index (χ0n) is 11.7. The van der Waals surface area contributed by atoms with Crippen LogP contribution in [0.2, 0.25) is 0 Å². The molecule has 0 saturated carbocycles. The monoisotopic (exact) mass is 260 g/mol. The largest absolute Gasteiger partial charge is 0.325 e. The highest BCUT2D eigenvalue weighted by molar-refractivity contribution is 6.06. The van der Waals surface area contributed by atoms with Gasteiger partial charge in [-0.2, -0.15) is 0 Å². The molecule has 1 aliphatic heterocycles. The minimum Gasteiger partial charge on any atom is -0.306 e. The summed E-state index contributed by atoms with van der Waals surface area (Å²) in [5.74, 6) is -0.204. The van der Waals surface area contributed by atoms with Gasteiger partial charge in [0.25, 0.3) is 5.91 Å². The molecule has 1 heterocycles. The molecule has 2 rings (SSSR count). The smallest absolute Gasteiger partial charge is 0.306 e. The van der Waals surface area contributed by atoms with Crippen LogP contribution in [0, 0.1) is 0 Å². The molecule has 1 aromatic carbocycles. The van der Waals surface area contributed by atoms with E-state index in [9.17, 15) is 9.59 Å². The first-order valence-electron chi connectivity index (χ1n) is 6.72. The lowest BCUT2D eigenvalue weighted by Crippen LogP contribution is -2.45. The molecule has 4 heteroatoms. The molecule has 0 spiro atoms. The second-order valence-corrected chi connectivity index (χ2v) is 5.14. The molecule has 0 aromatic heterocycles. The number of hydrogen-bond acceptors (Lipinski definition) is 2. The number of rotatable bonds is 4. The standard InChI is InChI=1S/C15H20N2O2/c1-4-11-6-8-12(9-7-11)10-17-14(19)16-13(18)15(17,3)5-2/h6-9H,4-5,10H2,1-3H3,(H,16,18,19). The van der Waals surface area contributed by atoms with Crippen LogP contribution in [0.4, 0.5) is 4.79 Å². The molecule has 1 saturated heterocycles. The van der Waals surface area contributed by atoms with E-state index in [-0.39, 0.29) is 11.9 Å². The van der Waals surface area contributed by atoms with Crippen LogP contribution >= 0.6 is 0 Å². The van der Waals surface area contributed by atoms with Gasteiger partial charge >= 0.3 is 6.03 Å². The van der Waals surface area contributed by atoms with Crippen LogP contribution < -0.4 is 5.32 Å². The number of hydrogen-bond donors (Lipinski definition) is 1. The lowest BCUT2D eigenvalue weighted by Gasteiger charge is -2.30. The average Bonchev–Trinajstić information content (AvgIpc) is 2.64. The van der Waals surface area contributed by atoms with E-state index in [0.29, 0.717) is 13.0 Å². The normalized spacial score (nSPS) is 22.8. The third-order valence-corrected chi connectivity index (χ3v) is 4.01. The van der Waals surface area contributed by atoms with E-state index in [0.717, 1.165) is 12.0 Å². The Labute approximate surface area is 113 Å². The van der Waals surface area contributed by atoms with E-state index < -0.39 is 5.54 Å². The van der Waals surface area contributed by atoms with Crippen molar-refractivity contribution in [1.29, 1.82) is 0 Å². The predicted molar refractivity (Wildman–Crippen MR) is 73.6 cm³/mol. The Morgan fingerprint density at radius 3 is 2.21 bits per heavy atom. The maximum Gasteiger partial charge on any atom is 0.325 e. The number of aryl methyl sites for hydroxylation is 1. The molecule has 1 aromatic rings. The number of amides is 3. The van der Waals surface area contributed by atoms with Gasteiger partial charge in [0.2, 0.25) is 0 Å². The van der Waals surface area contributed by atoms with Gasteiger partial charge < -0.3 is 4.90 Å². The lowest BCUT2D eigenvalue weighted by molar-refractivity contribution is -0.126. The molecule has 1 fully saturated rings. The summed E-state index contributed by atoms with van der Waals surface area (Å²) in [6.07, 6.45) is 1.60. The third kappa shape index (κ3) is 2.35. The van der Waals surface area contributed by atoms with Gasteiger partial charge in [0.05, 0.1) is 0 Å². The third-order valence-electron chi connectivity index (χ3n) is 4.01. The molecule has 1 unspecified atom stereocenters. The van der Waals surface area contributed by atoms with Crippen molar-refractivity contribution in [2.75, 3.05) is 0 Å². The number of benzene rings is 1. The number of nitrogens with zero attached hydrogens (tertiary/aromatic N) is 1. The van der Waals surface area contributed by atoms with Crippen molar-refractivity contribution in [1.82, 2.24) is 10.2 Å². The molecule has 3 amide bonds. The fraction of sp³-hybridized carbons (Fsp3) is 0.467. The summed E-state index contributed by atoms with van der Waals surface area (Å²) in [5, 5.41) is 2.40.